The lowest BCUT2D eigenvalue weighted by molar-refractivity contribution is -0.139. The third-order valence-electron chi connectivity index (χ3n) is 3.59. The molecule has 1 heterocycles. The van der Waals surface area contributed by atoms with E-state index >= 15 is 0 Å². The van der Waals surface area contributed by atoms with Crippen molar-refractivity contribution in [2.24, 2.45) is 5.92 Å². The van der Waals surface area contributed by atoms with Crippen molar-refractivity contribution in [3.63, 3.8) is 0 Å². The van der Waals surface area contributed by atoms with Gasteiger partial charge < -0.3 is 14.7 Å². The van der Waals surface area contributed by atoms with Gasteiger partial charge >= 0.3 is 0 Å². The van der Waals surface area contributed by atoms with Crippen molar-refractivity contribution in [3.05, 3.63) is 0 Å². The number of amides is 1. The highest BCUT2D eigenvalue weighted by molar-refractivity contribution is 5.78. The molecule has 0 saturated carbocycles. The van der Waals surface area contributed by atoms with Crippen molar-refractivity contribution in [3.8, 4) is 0 Å². The molecule has 0 radical (unpaired) electrons. The lowest BCUT2D eigenvalue weighted by Gasteiger charge is -2.31. The zero-order chi connectivity index (χ0) is 13.5. The van der Waals surface area contributed by atoms with E-state index in [-0.39, 0.29) is 24.0 Å². The molecular weight excluding hydrogens is 230 g/mol. The van der Waals surface area contributed by atoms with Gasteiger partial charge in [0.15, 0.2) is 0 Å². The first-order valence-corrected chi connectivity index (χ1v) is 7.09. The maximum atomic E-state index is 12.2. The van der Waals surface area contributed by atoms with E-state index < -0.39 is 0 Å². The predicted molar refractivity (Wildman–Crippen MR) is 71.3 cm³/mol. The van der Waals surface area contributed by atoms with Crippen LogP contribution in [0.5, 0.6) is 0 Å². The number of aliphatic hydroxyl groups is 1. The van der Waals surface area contributed by atoms with E-state index in [0.717, 1.165) is 25.7 Å². The number of nitrogens with zero attached hydrogens (tertiary/aromatic N) is 1. The van der Waals surface area contributed by atoms with E-state index in [1.165, 1.54) is 0 Å². The Morgan fingerprint density at radius 1 is 1.56 bits per heavy atom. The molecule has 106 valence electrons. The van der Waals surface area contributed by atoms with Crippen LogP contribution in [-0.2, 0) is 9.53 Å². The van der Waals surface area contributed by atoms with Crippen LogP contribution in [0.1, 0.15) is 46.0 Å². The molecule has 0 aromatic carbocycles. The van der Waals surface area contributed by atoms with E-state index in [9.17, 15) is 9.90 Å². The molecule has 0 aliphatic carbocycles. The summed E-state index contributed by atoms with van der Waals surface area (Å²) in [6.07, 6.45) is 4.38. The Balaban J connectivity index is 2.39. The third-order valence-corrected chi connectivity index (χ3v) is 3.59. The van der Waals surface area contributed by atoms with Crippen LogP contribution < -0.4 is 0 Å². The zero-order valence-electron chi connectivity index (χ0n) is 11.9. The fourth-order valence-corrected chi connectivity index (χ4v) is 2.43. The molecule has 18 heavy (non-hydrogen) atoms. The van der Waals surface area contributed by atoms with E-state index in [4.69, 9.17) is 4.74 Å². The van der Waals surface area contributed by atoms with Gasteiger partial charge in [-0.05, 0) is 32.6 Å². The van der Waals surface area contributed by atoms with Crippen molar-refractivity contribution < 1.29 is 14.6 Å². The van der Waals surface area contributed by atoms with Crippen LogP contribution in [0.4, 0.5) is 0 Å². The second kappa shape index (κ2) is 7.74. The van der Waals surface area contributed by atoms with Gasteiger partial charge in [-0.15, -0.1) is 0 Å². The molecule has 0 spiro atoms. The Labute approximate surface area is 110 Å². The maximum absolute atomic E-state index is 12.2. The van der Waals surface area contributed by atoms with E-state index in [0.29, 0.717) is 19.6 Å². The summed E-state index contributed by atoms with van der Waals surface area (Å²) >= 11 is 0. The molecule has 1 fully saturated rings. The SMILES string of the molecule is CCCC1CC(C(=O)N(C)CCC(C)O)CCO1. The van der Waals surface area contributed by atoms with Gasteiger partial charge in [-0.3, -0.25) is 4.79 Å². The third kappa shape index (κ3) is 4.94. The normalized spacial score (nSPS) is 25.8. The number of carbonyl (C=O) groups excluding carboxylic acids is 1. The van der Waals surface area contributed by atoms with Crippen LogP contribution in [-0.4, -0.2) is 48.3 Å². The lowest BCUT2D eigenvalue weighted by Crippen LogP contribution is -2.39. The number of hydrogen-bond donors (Lipinski definition) is 1. The standard InChI is InChI=1S/C14H27NO3/c1-4-5-13-10-12(7-9-18-13)14(17)15(3)8-6-11(2)16/h11-13,16H,4-10H2,1-3H3. The van der Waals surface area contributed by atoms with Crippen LogP contribution in [0.15, 0.2) is 0 Å². The Bertz CT molecular complexity index is 253. The minimum atomic E-state index is -0.345. The molecular formula is C14H27NO3. The number of rotatable bonds is 6. The number of hydrogen-bond acceptors (Lipinski definition) is 3. The summed E-state index contributed by atoms with van der Waals surface area (Å²) in [4.78, 5) is 14.0. The summed E-state index contributed by atoms with van der Waals surface area (Å²) < 4.78 is 5.67. The van der Waals surface area contributed by atoms with Crippen LogP contribution in [0.2, 0.25) is 0 Å². The quantitative estimate of drug-likeness (QED) is 0.789. The highest BCUT2D eigenvalue weighted by Crippen LogP contribution is 2.24. The molecule has 0 aromatic rings. The lowest BCUT2D eigenvalue weighted by atomic mass is 9.92. The minimum Gasteiger partial charge on any atom is -0.393 e. The molecule has 1 saturated heterocycles. The largest absolute Gasteiger partial charge is 0.393 e. The smallest absolute Gasteiger partial charge is 0.225 e. The summed E-state index contributed by atoms with van der Waals surface area (Å²) in [5, 5.41) is 9.25. The molecule has 0 aromatic heterocycles. The molecule has 1 rings (SSSR count). The summed E-state index contributed by atoms with van der Waals surface area (Å²) in [7, 11) is 1.83. The van der Waals surface area contributed by atoms with Crippen molar-refractivity contribution in [1.29, 1.82) is 0 Å². The van der Waals surface area contributed by atoms with Crippen LogP contribution >= 0.6 is 0 Å². The zero-order valence-corrected chi connectivity index (χ0v) is 11.9. The summed E-state index contributed by atoms with van der Waals surface area (Å²) in [5.74, 6) is 0.314. The topological polar surface area (TPSA) is 49.8 Å². The van der Waals surface area contributed by atoms with Gasteiger partial charge in [-0.25, -0.2) is 0 Å². The van der Waals surface area contributed by atoms with Crippen LogP contribution in [0.25, 0.3) is 0 Å². The van der Waals surface area contributed by atoms with Gasteiger partial charge in [-0.1, -0.05) is 13.3 Å². The Kier molecular flexibility index (Phi) is 6.65. The second-order valence-corrected chi connectivity index (χ2v) is 5.40. The maximum Gasteiger partial charge on any atom is 0.225 e. The first-order valence-electron chi connectivity index (χ1n) is 7.09. The monoisotopic (exact) mass is 257 g/mol. The first-order chi connectivity index (χ1) is 8.54. The number of aliphatic hydroxyl groups excluding tert-OH is 1. The Morgan fingerprint density at radius 3 is 2.89 bits per heavy atom. The van der Waals surface area contributed by atoms with E-state index in [1.807, 2.05) is 7.05 Å². The highest BCUT2D eigenvalue weighted by atomic mass is 16.5. The number of carbonyl (C=O) groups is 1. The van der Waals surface area contributed by atoms with Crippen molar-refractivity contribution >= 4 is 5.91 Å². The molecule has 0 bridgehead atoms. The van der Waals surface area contributed by atoms with Crippen LogP contribution in [0.3, 0.4) is 0 Å². The molecule has 1 aliphatic heterocycles. The second-order valence-electron chi connectivity index (χ2n) is 5.40. The average Bonchev–Trinajstić information content (AvgIpc) is 2.35. The molecule has 4 heteroatoms. The van der Waals surface area contributed by atoms with E-state index in [1.54, 1.807) is 11.8 Å². The molecule has 3 unspecified atom stereocenters. The molecule has 4 nitrogen and oxygen atoms in total. The number of ether oxygens (including phenoxy) is 1. The molecule has 3 atom stereocenters. The molecule has 1 amide bonds. The predicted octanol–water partition coefficient (Wildman–Crippen LogP) is 1.81. The summed E-state index contributed by atoms with van der Waals surface area (Å²) in [5.41, 5.74) is 0. The highest BCUT2D eigenvalue weighted by Gasteiger charge is 2.29. The van der Waals surface area contributed by atoms with Crippen molar-refractivity contribution in [2.45, 2.75) is 58.2 Å². The van der Waals surface area contributed by atoms with E-state index in [2.05, 4.69) is 6.92 Å². The van der Waals surface area contributed by atoms with Gasteiger partial charge in [0.05, 0.1) is 12.2 Å². The fourth-order valence-electron chi connectivity index (χ4n) is 2.43. The molecule has 1 aliphatic rings. The van der Waals surface area contributed by atoms with Gasteiger partial charge in [0.1, 0.15) is 0 Å². The molecule has 1 N–H and O–H groups in total. The van der Waals surface area contributed by atoms with Gasteiger partial charge in [0, 0.05) is 26.1 Å². The Hall–Kier alpha value is -0.610. The average molecular weight is 257 g/mol. The van der Waals surface area contributed by atoms with Crippen LogP contribution in [0, 0.1) is 5.92 Å². The van der Waals surface area contributed by atoms with Gasteiger partial charge in [-0.2, -0.15) is 0 Å². The Morgan fingerprint density at radius 2 is 2.28 bits per heavy atom. The summed E-state index contributed by atoms with van der Waals surface area (Å²) in [6, 6.07) is 0. The van der Waals surface area contributed by atoms with Crippen molar-refractivity contribution in [2.75, 3.05) is 20.2 Å². The van der Waals surface area contributed by atoms with Gasteiger partial charge in [0.2, 0.25) is 5.91 Å². The van der Waals surface area contributed by atoms with Crippen molar-refractivity contribution in [1.82, 2.24) is 4.90 Å². The first kappa shape index (κ1) is 15.4. The summed E-state index contributed by atoms with van der Waals surface area (Å²) in [6.45, 7) is 5.23. The van der Waals surface area contributed by atoms with Gasteiger partial charge in [0.25, 0.3) is 0 Å². The minimum absolute atomic E-state index is 0.106. The fraction of sp³-hybridized carbons (Fsp3) is 0.929.